The summed E-state index contributed by atoms with van der Waals surface area (Å²) >= 11 is 0. The predicted octanol–water partition coefficient (Wildman–Crippen LogP) is 2.63. The zero-order chi connectivity index (χ0) is 17.8. The number of hydrogen-bond donors (Lipinski definition) is 1. The minimum absolute atomic E-state index is 0.382. The summed E-state index contributed by atoms with van der Waals surface area (Å²) in [4.78, 5) is 9.08. The molecule has 0 amide bonds. The summed E-state index contributed by atoms with van der Waals surface area (Å²) in [5.74, 6) is 0. The molecule has 0 saturated carbocycles. The summed E-state index contributed by atoms with van der Waals surface area (Å²) in [7, 11) is -0.434. The van der Waals surface area contributed by atoms with Crippen LogP contribution in [0.3, 0.4) is 0 Å². The third-order valence-corrected chi connectivity index (χ3v) is 5.11. The van der Waals surface area contributed by atoms with Gasteiger partial charge in [-0.1, -0.05) is 0 Å². The Hall–Kier alpha value is -2.25. The highest BCUT2D eigenvalue weighted by atomic mass is 16.7. The summed E-state index contributed by atoms with van der Waals surface area (Å²) in [5, 5.41) is 8.13. The van der Waals surface area contributed by atoms with E-state index in [0.29, 0.717) is 5.65 Å². The topological polar surface area (TPSA) is 72.9 Å². The van der Waals surface area contributed by atoms with Crippen molar-refractivity contribution in [2.24, 2.45) is 0 Å². The summed E-state index contributed by atoms with van der Waals surface area (Å²) in [5.41, 5.74) is 3.43. The predicted molar refractivity (Wildman–Crippen MR) is 97.6 cm³/mol. The summed E-state index contributed by atoms with van der Waals surface area (Å²) in [6.45, 7) is 10.2. The number of nitrogens with one attached hydrogen (secondary N) is 1. The van der Waals surface area contributed by atoms with Crippen LogP contribution in [-0.4, -0.2) is 38.5 Å². The van der Waals surface area contributed by atoms with Gasteiger partial charge in [0.25, 0.3) is 0 Å². The highest BCUT2D eigenvalue weighted by molar-refractivity contribution is 6.65. The number of hydrogen-bond acceptors (Lipinski definition) is 5. The molecular formula is C18H21BN4O2. The lowest BCUT2D eigenvalue weighted by atomic mass is 9.77. The van der Waals surface area contributed by atoms with Crippen LogP contribution < -0.4 is 5.46 Å². The van der Waals surface area contributed by atoms with E-state index in [9.17, 15) is 0 Å². The standard InChI is InChI=1S/C18H21BN4O2/c1-11-10-15(23-22-11)14-7-6-12-13(8-9-20-16(12)21-14)19-24-17(2,3)18(4,5)25-19/h6-10H,1-5H3,(H,22,23). The Morgan fingerprint density at radius 3 is 2.36 bits per heavy atom. The van der Waals surface area contributed by atoms with E-state index in [0.717, 1.165) is 27.9 Å². The van der Waals surface area contributed by atoms with Gasteiger partial charge in [0, 0.05) is 17.3 Å². The van der Waals surface area contributed by atoms with Crippen LogP contribution in [0.4, 0.5) is 0 Å². The monoisotopic (exact) mass is 336 g/mol. The van der Waals surface area contributed by atoms with Crippen LogP contribution in [0.5, 0.6) is 0 Å². The van der Waals surface area contributed by atoms with Gasteiger partial charge in [-0.05, 0) is 64.3 Å². The normalized spacial score (nSPS) is 18.8. The van der Waals surface area contributed by atoms with E-state index in [4.69, 9.17) is 9.31 Å². The molecule has 0 aliphatic carbocycles. The Morgan fingerprint density at radius 1 is 1.00 bits per heavy atom. The first-order valence-electron chi connectivity index (χ1n) is 8.40. The lowest BCUT2D eigenvalue weighted by Crippen LogP contribution is -2.41. The average molecular weight is 336 g/mol. The maximum absolute atomic E-state index is 6.18. The van der Waals surface area contributed by atoms with Crippen molar-refractivity contribution in [2.45, 2.75) is 45.8 Å². The summed E-state index contributed by atoms with van der Waals surface area (Å²) < 4.78 is 12.4. The molecule has 4 heterocycles. The van der Waals surface area contributed by atoms with Crippen molar-refractivity contribution in [3.63, 3.8) is 0 Å². The minimum Gasteiger partial charge on any atom is -0.399 e. The van der Waals surface area contributed by atoms with Crippen LogP contribution >= 0.6 is 0 Å². The van der Waals surface area contributed by atoms with Crippen LogP contribution in [0.1, 0.15) is 33.4 Å². The van der Waals surface area contributed by atoms with Crippen LogP contribution in [0.15, 0.2) is 30.5 Å². The fraction of sp³-hybridized carbons (Fsp3) is 0.389. The molecule has 3 aromatic heterocycles. The summed E-state index contributed by atoms with van der Waals surface area (Å²) in [6.07, 6.45) is 1.75. The molecule has 4 rings (SSSR count). The van der Waals surface area contributed by atoms with Crippen molar-refractivity contribution < 1.29 is 9.31 Å². The third kappa shape index (κ3) is 2.64. The minimum atomic E-state index is -0.434. The van der Waals surface area contributed by atoms with Gasteiger partial charge in [0.05, 0.1) is 16.9 Å². The van der Waals surface area contributed by atoms with Gasteiger partial charge in [-0.25, -0.2) is 9.97 Å². The Balaban J connectivity index is 1.77. The van der Waals surface area contributed by atoms with Crippen LogP contribution in [0.2, 0.25) is 0 Å². The number of aromatic nitrogens is 4. The second kappa shape index (κ2) is 5.38. The smallest absolute Gasteiger partial charge is 0.399 e. The quantitative estimate of drug-likeness (QED) is 0.729. The zero-order valence-electron chi connectivity index (χ0n) is 15.1. The van der Waals surface area contributed by atoms with E-state index >= 15 is 0 Å². The number of H-pyrrole nitrogens is 1. The van der Waals surface area contributed by atoms with E-state index in [-0.39, 0.29) is 11.2 Å². The molecule has 1 fully saturated rings. The molecule has 128 valence electrons. The van der Waals surface area contributed by atoms with Gasteiger partial charge in [0.2, 0.25) is 0 Å². The fourth-order valence-corrected chi connectivity index (χ4v) is 2.92. The van der Waals surface area contributed by atoms with Gasteiger partial charge in [-0.2, -0.15) is 5.10 Å². The van der Waals surface area contributed by atoms with Gasteiger partial charge in [0.15, 0.2) is 5.65 Å². The van der Waals surface area contributed by atoms with Gasteiger partial charge < -0.3 is 9.31 Å². The number of rotatable bonds is 2. The van der Waals surface area contributed by atoms with E-state index in [1.54, 1.807) is 6.20 Å². The van der Waals surface area contributed by atoms with Crippen molar-refractivity contribution >= 4 is 23.6 Å². The lowest BCUT2D eigenvalue weighted by Gasteiger charge is -2.32. The number of aromatic amines is 1. The van der Waals surface area contributed by atoms with Crippen molar-refractivity contribution in [2.75, 3.05) is 0 Å². The second-order valence-corrected chi connectivity index (χ2v) is 7.49. The number of aryl methyl sites for hydroxylation is 1. The third-order valence-electron chi connectivity index (χ3n) is 5.11. The molecular weight excluding hydrogens is 315 g/mol. The molecule has 7 heteroatoms. The fourth-order valence-electron chi connectivity index (χ4n) is 2.92. The Labute approximate surface area is 147 Å². The van der Waals surface area contributed by atoms with Crippen LogP contribution in [-0.2, 0) is 9.31 Å². The van der Waals surface area contributed by atoms with E-state index < -0.39 is 7.12 Å². The number of pyridine rings is 2. The maximum atomic E-state index is 6.18. The first kappa shape index (κ1) is 16.2. The first-order chi connectivity index (χ1) is 11.8. The number of nitrogens with zero attached hydrogens (tertiary/aromatic N) is 3. The molecule has 6 nitrogen and oxygen atoms in total. The van der Waals surface area contributed by atoms with E-state index in [2.05, 4.69) is 20.2 Å². The lowest BCUT2D eigenvalue weighted by molar-refractivity contribution is 0.00578. The molecule has 0 spiro atoms. The Bertz CT molecular complexity index is 935. The van der Waals surface area contributed by atoms with Crippen LogP contribution in [0.25, 0.3) is 22.4 Å². The molecule has 0 bridgehead atoms. The Kier molecular flexibility index (Phi) is 3.49. The van der Waals surface area contributed by atoms with Crippen molar-refractivity contribution in [3.8, 4) is 11.4 Å². The molecule has 0 aromatic carbocycles. The largest absolute Gasteiger partial charge is 0.495 e. The SMILES string of the molecule is Cc1cc(-c2ccc3c(B4OC(C)(C)C(C)(C)O4)ccnc3n2)n[nH]1. The molecule has 1 aliphatic rings. The molecule has 1 N–H and O–H groups in total. The zero-order valence-corrected chi connectivity index (χ0v) is 15.1. The second-order valence-electron chi connectivity index (χ2n) is 7.49. The van der Waals surface area contributed by atoms with E-state index in [1.165, 1.54) is 0 Å². The van der Waals surface area contributed by atoms with Gasteiger partial charge in [-0.15, -0.1) is 0 Å². The highest BCUT2D eigenvalue weighted by Gasteiger charge is 2.52. The van der Waals surface area contributed by atoms with Crippen LogP contribution in [0, 0.1) is 6.92 Å². The van der Waals surface area contributed by atoms with Gasteiger partial charge in [0.1, 0.15) is 5.69 Å². The van der Waals surface area contributed by atoms with Crippen molar-refractivity contribution in [1.29, 1.82) is 0 Å². The van der Waals surface area contributed by atoms with Crippen molar-refractivity contribution in [1.82, 2.24) is 20.2 Å². The number of fused-ring (bicyclic) bond motifs is 1. The maximum Gasteiger partial charge on any atom is 0.495 e. The molecule has 0 atom stereocenters. The molecule has 0 unspecified atom stereocenters. The molecule has 3 aromatic rings. The van der Waals surface area contributed by atoms with Gasteiger partial charge >= 0.3 is 7.12 Å². The van der Waals surface area contributed by atoms with Gasteiger partial charge in [-0.3, -0.25) is 5.10 Å². The van der Waals surface area contributed by atoms with Crippen molar-refractivity contribution in [3.05, 3.63) is 36.2 Å². The molecule has 25 heavy (non-hydrogen) atoms. The van der Waals surface area contributed by atoms with E-state index in [1.807, 2.05) is 58.9 Å². The Morgan fingerprint density at radius 2 is 1.72 bits per heavy atom. The first-order valence-corrected chi connectivity index (χ1v) is 8.40. The molecule has 1 saturated heterocycles. The highest BCUT2D eigenvalue weighted by Crippen LogP contribution is 2.36. The molecule has 1 aliphatic heterocycles. The summed E-state index contributed by atoms with van der Waals surface area (Å²) in [6, 6.07) is 7.86. The average Bonchev–Trinajstić information content (AvgIpc) is 3.07. The molecule has 0 radical (unpaired) electrons.